The van der Waals surface area contributed by atoms with Gasteiger partial charge in [0.1, 0.15) is 11.4 Å². The molecule has 1 aliphatic heterocycles. The molecular weight excluding hydrogens is 459 g/mol. The van der Waals surface area contributed by atoms with Gasteiger partial charge in [0.05, 0.1) is 5.92 Å². The van der Waals surface area contributed by atoms with Crippen LogP contribution in [-0.2, 0) is 16.0 Å². The quantitative estimate of drug-likeness (QED) is 0.650. The summed E-state index contributed by atoms with van der Waals surface area (Å²) in [4.78, 5) is 25.5. The van der Waals surface area contributed by atoms with E-state index in [-0.39, 0.29) is 18.9 Å². The van der Waals surface area contributed by atoms with E-state index in [4.69, 9.17) is 4.74 Å². The second-order valence-corrected chi connectivity index (χ2v) is 8.88. The molecule has 1 aromatic rings. The van der Waals surface area contributed by atoms with Crippen LogP contribution in [0.5, 0.6) is 5.75 Å². The van der Waals surface area contributed by atoms with Crippen molar-refractivity contribution in [1.29, 1.82) is 0 Å². The summed E-state index contributed by atoms with van der Waals surface area (Å²) in [5.41, 5.74) is -0.270. The zero-order chi connectivity index (χ0) is 22.0. The molecule has 1 saturated heterocycles. The van der Waals surface area contributed by atoms with Crippen molar-refractivity contribution in [2.75, 3.05) is 13.1 Å². The highest BCUT2D eigenvalue weighted by Crippen LogP contribution is 2.32. The minimum Gasteiger partial charge on any atom is -0.481 e. The van der Waals surface area contributed by atoms with Crippen molar-refractivity contribution in [1.82, 2.24) is 4.90 Å². The predicted molar refractivity (Wildman–Crippen MR) is 102 cm³/mol. The molecule has 0 radical (unpaired) electrons. The Hall–Kier alpha value is -1.97. The second kappa shape index (κ2) is 8.81. The van der Waals surface area contributed by atoms with Gasteiger partial charge in [-0.2, -0.15) is 0 Å². The summed E-state index contributed by atoms with van der Waals surface area (Å²) in [6.45, 7) is 5.81. The monoisotopic (exact) mass is 481 g/mol. The molecule has 1 aromatic carbocycles. The van der Waals surface area contributed by atoms with E-state index in [1.807, 2.05) is 0 Å². The summed E-state index contributed by atoms with van der Waals surface area (Å²) in [6, 6.07) is 3.89. The molecular formula is C19H23BrF3NO5. The highest BCUT2D eigenvalue weighted by molar-refractivity contribution is 9.10. The van der Waals surface area contributed by atoms with E-state index in [1.165, 1.54) is 11.0 Å². The summed E-state index contributed by atoms with van der Waals surface area (Å²) in [5, 5.41) is 9.67. The van der Waals surface area contributed by atoms with Crippen LogP contribution < -0.4 is 4.74 Å². The number of likely N-dealkylation sites (tertiary alicyclic amines) is 1. The maximum absolute atomic E-state index is 12.5. The van der Waals surface area contributed by atoms with Crippen LogP contribution >= 0.6 is 15.9 Å². The fourth-order valence-corrected chi connectivity index (χ4v) is 3.77. The number of carbonyl (C=O) groups is 2. The Labute approximate surface area is 175 Å². The van der Waals surface area contributed by atoms with E-state index in [2.05, 4.69) is 20.7 Å². The maximum atomic E-state index is 12.5. The molecule has 2 rings (SSSR count). The van der Waals surface area contributed by atoms with Gasteiger partial charge in [0.2, 0.25) is 0 Å². The Morgan fingerprint density at radius 2 is 1.93 bits per heavy atom. The van der Waals surface area contributed by atoms with Crippen LogP contribution in [0.15, 0.2) is 22.7 Å². The highest BCUT2D eigenvalue weighted by atomic mass is 79.9. The lowest BCUT2D eigenvalue weighted by Gasteiger charge is -2.25. The molecule has 2 atom stereocenters. The van der Waals surface area contributed by atoms with Crippen LogP contribution in [0.25, 0.3) is 0 Å². The summed E-state index contributed by atoms with van der Waals surface area (Å²) in [5.74, 6) is -2.70. The van der Waals surface area contributed by atoms with Crippen LogP contribution in [0.1, 0.15) is 32.8 Å². The predicted octanol–water partition coefficient (Wildman–Crippen LogP) is 4.85. The summed E-state index contributed by atoms with van der Waals surface area (Å²) in [6.07, 6.45) is -4.87. The standard InChI is InChI=1S/C19H23BrF3NO5/c1-18(2,3)29-17(27)24-5-4-12(10-24)15(16(25)26)8-11-6-13(20)9-14(7-11)28-19(21,22)23/h6-7,9,12,15H,4-5,8,10H2,1-3H3,(H,25,26)/t12-,15-/m0/s1. The minimum absolute atomic E-state index is 0.00974. The summed E-state index contributed by atoms with van der Waals surface area (Å²) >= 11 is 3.12. The van der Waals surface area contributed by atoms with Gasteiger partial charge in [0, 0.05) is 17.6 Å². The van der Waals surface area contributed by atoms with Crippen molar-refractivity contribution in [2.24, 2.45) is 11.8 Å². The number of nitrogens with zero attached hydrogens (tertiary/aromatic N) is 1. The first-order valence-electron chi connectivity index (χ1n) is 8.99. The third-order valence-electron chi connectivity index (χ3n) is 4.38. The van der Waals surface area contributed by atoms with Crippen LogP contribution in [0.3, 0.4) is 0 Å². The first kappa shape index (κ1) is 23.3. The number of ether oxygens (including phenoxy) is 2. The molecule has 1 N–H and O–H groups in total. The number of rotatable bonds is 5. The molecule has 1 heterocycles. The Balaban J connectivity index is 2.12. The van der Waals surface area contributed by atoms with E-state index >= 15 is 0 Å². The minimum atomic E-state index is -4.84. The Bertz CT molecular complexity index is 763. The smallest absolute Gasteiger partial charge is 0.481 e. The largest absolute Gasteiger partial charge is 0.573 e. The van der Waals surface area contributed by atoms with Gasteiger partial charge < -0.3 is 19.5 Å². The topological polar surface area (TPSA) is 76.1 Å². The summed E-state index contributed by atoms with van der Waals surface area (Å²) < 4.78 is 47.1. The molecule has 1 amide bonds. The molecule has 0 aromatic heterocycles. The average Bonchev–Trinajstić information content (AvgIpc) is 2.98. The van der Waals surface area contributed by atoms with Crippen molar-refractivity contribution in [3.63, 3.8) is 0 Å². The molecule has 10 heteroatoms. The van der Waals surface area contributed by atoms with Crippen LogP contribution in [0.4, 0.5) is 18.0 Å². The molecule has 1 aliphatic rings. The lowest BCUT2D eigenvalue weighted by Crippen LogP contribution is -2.36. The Kier molecular flexibility index (Phi) is 7.08. The highest BCUT2D eigenvalue weighted by Gasteiger charge is 2.37. The lowest BCUT2D eigenvalue weighted by atomic mass is 9.86. The van der Waals surface area contributed by atoms with E-state index in [9.17, 15) is 27.9 Å². The van der Waals surface area contributed by atoms with Gasteiger partial charge in [0.25, 0.3) is 0 Å². The van der Waals surface area contributed by atoms with Crippen molar-refractivity contribution < 1.29 is 37.3 Å². The van der Waals surface area contributed by atoms with Crippen molar-refractivity contribution in [3.8, 4) is 5.75 Å². The molecule has 162 valence electrons. The Morgan fingerprint density at radius 3 is 2.48 bits per heavy atom. The number of aliphatic carboxylic acids is 1. The lowest BCUT2D eigenvalue weighted by molar-refractivity contribution is -0.274. The number of halogens is 4. The average molecular weight is 482 g/mol. The third-order valence-corrected chi connectivity index (χ3v) is 4.84. The number of carbonyl (C=O) groups excluding carboxylic acids is 1. The van der Waals surface area contributed by atoms with Crippen molar-refractivity contribution in [2.45, 2.75) is 45.6 Å². The van der Waals surface area contributed by atoms with Gasteiger partial charge in [-0.15, -0.1) is 13.2 Å². The number of hydrogen-bond donors (Lipinski definition) is 1. The normalized spacial score (nSPS) is 18.4. The first-order chi connectivity index (χ1) is 13.2. The number of benzene rings is 1. The second-order valence-electron chi connectivity index (χ2n) is 7.97. The van der Waals surface area contributed by atoms with Gasteiger partial charge in [-0.25, -0.2) is 4.79 Å². The van der Waals surface area contributed by atoms with Crippen LogP contribution in [-0.4, -0.2) is 47.1 Å². The zero-order valence-corrected chi connectivity index (χ0v) is 17.8. The fourth-order valence-electron chi connectivity index (χ4n) is 3.25. The third kappa shape index (κ3) is 7.41. The number of hydrogen-bond acceptors (Lipinski definition) is 4. The SMILES string of the molecule is CC(C)(C)OC(=O)N1CC[C@H]([C@H](Cc2cc(Br)cc(OC(F)(F)F)c2)C(=O)O)C1. The molecule has 0 spiro atoms. The number of amides is 1. The summed E-state index contributed by atoms with van der Waals surface area (Å²) in [7, 11) is 0. The molecule has 6 nitrogen and oxygen atoms in total. The molecule has 0 aliphatic carbocycles. The van der Waals surface area contributed by atoms with Gasteiger partial charge in [-0.05, 0) is 63.3 Å². The first-order valence-corrected chi connectivity index (χ1v) is 9.79. The van der Waals surface area contributed by atoms with Gasteiger partial charge in [0.15, 0.2) is 0 Å². The fraction of sp³-hybridized carbons (Fsp3) is 0.579. The maximum Gasteiger partial charge on any atom is 0.573 e. The van der Waals surface area contributed by atoms with E-state index in [0.717, 1.165) is 6.07 Å². The number of carboxylic acid groups (broad SMARTS) is 1. The Morgan fingerprint density at radius 1 is 1.28 bits per heavy atom. The van der Waals surface area contributed by atoms with E-state index < -0.39 is 35.7 Å². The molecule has 0 unspecified atom stereocenters. The molecule has 0 saturated carbocycles. The van der Waals surface area contributed by atoms with Gasteiger partial charge in [-0.3, -0.25) is 4.79 Å². The molecule has 1 fully saturated rings. The van der Waals surface area contributed by atoms with Crippen LogP contribution in [0, 0.1) is 11.8 Å². The number of carboxylic acids is 1. The number of alkyl halides is 3. The van der Waals surface area contributed by atoms with E-state index in [1.54, 1.807) is 26.8 Å². The van der Waals surface area contributed by atoms with Crippen molar-refractivity contribution in [3.05, 3.63) is 28.2 Å². The van der Waals surface area contributed by atoms with E-state index in [0.29, 0.717) is 23.0 Å². The zero-order valence-electron chi connectivity index (χ0n) is 16.3. The van der Waals surface area contributed by atoms with Gasteiger partial charge >= 0.3 is 18.4 Å². The molecule has 0 bridgehead atoms. The van der Waals surface area contributed by atoms with Gasteiger partial charge in [-0.1, -0.05) is 15.9 Å². The molecule has 29 heavy (non-hydrogen) atoms. The van der Waals surface area contributed by atoms with Crippen LogP contribution in [0.2, 0.25) is 0 Å². The van der Waals surface area contributed by atoms with Crippen molar-refractivity contribution >= 4 is 28.0 Å².